The van der Waals surface area contributed by atoms with E-state index in [-0.39, 0.29) is 17.4 Å². The minimum absolute atomic E-state index is 0.0508. The summed E-state index contributed by atoms with van der Waals surface area (Å²) in [5, 5.41) is 42.2. The predicted molar refractivity (Wildman–Crippen MR) is 128 cm³/mol. The first kappa shape index (κ1) is 25.4. The van der Waals surface area contributed by atoms with Crippen LogP contribution in [0.3, 0.4) is 0 Å². The van der Waals surface area contributed by atoms with Crippen molar-refractivity contribution in [2.24, 2.45) is 40.2 Å². The molecule has 14 atom stereocenters. The second-order valence-electron chi connectivity index (χ2n) is 13.1. The third-order valence-corrected chi connectivity index (χ3v) is 11.7. The molecule has 0 aromatic carbocycles. The average Bonchev–Trinajstić information content (AvgIpc) is 3.06. The third-order valence-electron chi connectivity index (χ3n) is 11.7. The van der Waals surface area contributed by atoms with Gasteiger partial charge in [0.15, 0.2) is 6.29 Å². The van der Waals surface area contributed by atoms with Gasteiger partial charge in [0.05, 0.1) is 30.5 Å². The van der Waals surface area contributed by atoms with E-state index in [0.29, 0.717) is 24.2 Å². The highest BCUT2D eigenvalue weighted by atomic mass is 16.7. The van der Waals surface area contributed by atoms with Crippen LogP contribution in [0.1, 0.15) is 85.5 Å². The van der Waals surface area contributed by atoms with Gasteiger partial charge in [-0.15, -0.1) is 0 Å². The molecule has 196 valence electrons. The first-order valence-corrected chi connectivity index (χ1v) is 13.7. The lowest BCUT2D eigenvalue weighted by Crippen LogP contribution is -2.71. The highest BCUT2D eigenvalue weighted by Gasteiger charge is 2.69. The molecule has 0 amide bonds. The molecule has 6 N–H and O–H groups in total. The molecule has 34 heavy (non-hydrogen) atoms. The zero-order chi connectivity index (χ0) is 24.6. The topological polar surface area (TPSA) is 125 Å². The Morgan fingerprint density at radius 1 is 0.971 bits per heavy atom. The zero-order valence-corrected chi connectivity index (χ0v) is 21.4. The Morgan fingerprint density at radius 3 is 2.38 bits per heavy atom. The van der Waals surface area contributed by atoms with Crippen LogP contribution in [-0.2, 0) is 9.47 Å². The van der Waals surface area contributed by atoms with Gasteiger partial charge in [-0.25, -0.2) is 0 Å². The molecule has 0 aromatic rings. The van der Waals surface area contributed by atoms with Crippen molar-refractivity contribution < 1.29 is 29.9 Å². The van der Waals surface area contributed by atoms with Crippen LogP contribution >= 0.6 is 0 Å². The van der Waals surface area contributed by atoms with Crippen molar-refractivity contribution in [2.45, 2.75) is 134 Å². The second-order valence-corrected chi connectivity index (χ2v) is 13.1. The maximum Gasteiger partial charge on any atom is 0.161 e. The molecular formula is C27H47NO6. The fourth-order valence-corrected chi connectivity index (χ4v) is 9.54. The molecule has 5 rings (SSSR count). The van der Waals surface area contributed by atoms with Gasteiger partial charge in [0.2, 0.25) is 0 Å². The SMILES string of the molecule is C[C@H](O)[C@H]1CC[C@@]2(N)C3CC[C@H]4C[C@H](O[C@@H]5C[C@H](O)[C@H](O)[C@@H](C)O5)CC[C@]4(C)C3C[C@H](O)[C@]12C. The van der Waals surface area contributed by atoms with Gasteiger partial charge in [-0.1, -0.05) is 13.8 Å². The summed E-state index contributed by atoms with van der Waals surface area (Å²) in [6.07, 6.45) is 4.55. The summed E-state index contributed by atoms with van der Waals surface area (Å²) < 4.78 is 12.2. The Hall–Kier alpha value is -0.280. The van der Waals surface area contributed by atoms with Crippen molar-refractivity contribution in [1.29, 1.82) is 0 Å². The molecule has 5 aliphatic rings. The maximum absolute atomic E-state index is 11.5. The van der Waals surface area contributed by atoms with Gasteiger partial charge < -0.3 is 35.6 Å². The predicted octanol–water partition coefficient (Wildman–Crippen LogP) is 2.32. The fraction of sp³-hybridized carbons (Fsp3) is 1.00. The van der Waals surface area contributed by atoms with Crippen LogP contribution < -0.4 is 5.73 Å². The molecule has 0 bridgehead atoms. The zero-order valence-electron chi connectivity index (χ0n) is 21.4. The van der Waals surface area contributed by atoms with Crippen LogP contribution in [0.2, 0.25) is 0 Å². The van der Waals surface area contributed by atoms with E-state index in [4.69, 9.17) is 15.2 Å². The normalized spacial score (nSPS) is 58.5. The standard InChI is InChI=1S/C27H47NO6/c1-14(29)18-8-10-27(28)19-6-5-16-11-17(34-23-13-21(30)24(32)15(2)33-23)7-9-25(16,3)20(19)12-22(31)26(18,27)4/h14-24,29-32H,5-13,28H2,1-4H3/t14-,15+,16-,17+,18+,19?,20?,21-,22-,23+,24+,25-,26-,27+/m0/s1. The minimum atomic E-state index is -0.860. The van der Waals surface area contributed by atoms with Crippen LogP contribution in [0.4, 0.5) is 0 Å². The van der Waals surface area contributed by atoms with E-state index in [9.17, 15) is 20.4 Å². The number of hydrogen-bond donors (Lipinski definition) is 5. The summed E-state index contributed by atoms with van der Waals surface area (Å²) in [5.74, 6) is 1.33. The molecule has 7 nitrogen and oxygen atoms in total. The lowest BCUT2D eigenvalue weighted by molar-refractivity contribution is -0.269. The smallest absolute Gasteiger partial charge is 0.161 e. The Bertz CT molecular complexity index is 753. The van der Waals surface area contributed by atoms with Gasteiger partial charge in [-0.05, 0) is 94.3 Å². The number of hydrogen-bond acceptors (Lipinski definition) is 7. The van der Waals surface area contributed by atoms with Crippen LogP contribution in [0.25, 0.3) is 0 Å². The molecule has 4 saturated carbocycles. The first-order chi connectivity index (χ1) is 15.9. The van der Waals surface area contributed by atoms with E-state index in [1.165, 1.54) is 0 Å². The van der Waals surface area contributed by atoms with Crippen molar-refractivity contribution in [1.82, 2.24) is 0 Å². The molecular weight excluding hydrogens is 434 g/mol. The summed E-state index contributed by atoms with van der Waals surface area (Å²) >= 11 is 0. The van der Waals surface area contributed by atoms with Crippen LogP contribution in [0, 0.1) is 34.5 Å². The number of aliphatic hydroxyl groups is 4. The van der Waals surface area contributed by atoms with E-state index >= 15 is 0 Å². The Labute approximate surface area is 204 Å². The highest BCUT2D eigenvalue weighted by Crippen LogP contribution is 2.68. The summed E-state index contributed by atoms with van der Waals surface area (Å²) in [5.41, 5.74) is 6.54. The average molecular weight is 482 g/mol. The largest absolute Gasteiger partial charge is 0.393 e. The molecule has 7 heteroatoms. The summed E-state index contributed by atoms with van der Waals surface area (Å²) in [6.45, 7) is 8.20. The van der Waals surface area contributed by atoms with Crippen LogP contribution in [0.5, 0.6) is 0 Å². The third kappa shape index (κ3) is 3.56. The number of nitrogens with two attached hydrogens (primary N) is 1. The van der Waals surface area contributed by atoms with Gasteiger partial charge in [0, 0.05) is 17.4 Å². The molecule has 5 fully saturated rings. The minimum Gasteiger partial charge on any atom is -0.393 e. The molecule has 0 aromatic heterocycles. The molecule has 0 spiro atoms. The first-order valence-electron chi connectivity index (χ1n) is 13.7. The Balaban J connectivity index is 1.31. The number of ether oxygens (including phenoxy) is 2. The van der Waals surface area contributed by atoms with E-state index in [1.807, 2.05) is 6.92 Å². The lowest BCUT2D eigenvalue weighted by atomic mass is 9.42. The van der Waals surface area contributed by atoms with E-state index in [1.54, 1.807) is 6.92 Å². The number of rotatable bonds is 3. The summed E-state index contributed by atoms with van der Waals surface area (Å²) in [4.78, 5) is 0. The number of aliphatic hydroxyl groups excluding tert-OH is 4. The molecule has 1 aliphatic heterocycles. The molecule has 2 unspecified atom stereocenters. The number of fused-ring (bicyclic) bond motifs is 5. The van der Waals surface area contributed by atoms with E-state index < -0.39 is 47.8 Å². The van der Waals surface area contributed by atoms with Crippen molar-refractivity contribution in [2.75, 3.05) is 0 Å². The van der Waals surface area contributed by atoms with Crippen molar-refractivity contribution in [3.05, 3.63) is 0 Å². The van der Waals surface area contributed by atoms with Crippen molar-refractivity contribution in [3.8, 4) is 0 Å². The van der Waals surface area contributed by atoms with E-state index in [0.717, 1.165) is 51.4 Å². The molecule has 1 saturated heterocycles. The highest BCUT2D eigenvalue weighted by molar-refractivity contribution is 5.22. The van der Waals surface area contributed by atoms with Gasteiger partial charge in [0.25, 0.3) is 0 Å². The van der Waals surface area contributed by atoms with E-state index in [2.05, 4.69) is 13.8 Å². The lowest BCUT2D eigenvalue weighted by Gasteiger charge is -2.65. The van der Waals surface area contributed by atoms with Crippen molar-refractivity contribution in [3.63, 3.8) is 0 Å². The van der Waals surface area contributed by atoms with Gasteiger partial charge in [-0.3, -0.25) is 0 Å². The molecule has 4 aliphatic carbocycles. The molecule has 0 radical (unpaired) electrons. The second kappa shape index (κ2) is 8.64. The Kier molecular flexibility index (Phi) is 6.45. The quantitative estimate of drug-likeness (QED) is 0.392. The van der Waals surface area contributed by atoms with Gasteiger partial charge in [0.1, 0.15) is 6.10 Å². The van der Waals surface area contributed by atoms with Crippen LogP contribution in [-0.4, -0.2) is 68.9 Å². The van der Waals surface area contributed by atoms with Gasteiger partial charge in [-0.2, -0.15) is 0 Å². The maximum atomic E-state index is 11.5. The fourth-order valence-electron chi connectivity index (χ4n) is 9.54. The summed E-state index contributed by atoms with van der Waals surface area (Å²) in [7, 11) is 0. The van der Waals surface area contributed by atoms with Crippen molar-refractivity contribution >= 4 is 0 Å². The molecule has 1 heterocycles. The van der Waals surface area contributed by atoms with Gasteiger partial charge >= 0.3 is 0 Å². The monoisotopic (exact) mass is 481 g/mol. The van der Waals surface area contributed by atoms with Crippen LogP contribution in [0.15, 0.2) is 0 Å². The summed E-state index contributed by atoms with van der Waals surface area (Å²) in [6, 6.07) is 0. The Morgan fingerprint density at radius 2 is 1.71 bits per heavy atom.